The second-order valence-electron chi connectivity index (χ2n) is 4.91. The van der Waals surface area contributed by atoms with Gasteiger partial charge in [0, 0.05) is 5.56 Å². The zero-order chi connectivity index (χ0) is 17.7. The van der Waals surface area contributed by atoms with Crippen molar-refractivity contribution in [3.63, 3.8) is 0 Å². The van der Waals surface area contributed by atoms with Crippen molar-refractivity contribution in [3.8, 4) is 0 Å². The third-order valence-corrected chi connectivity index (χ3v) is 3.58. The topological polar surface area (TPSA) is 111 Å². The molecule has 0 aliphatic carbocycles. The molecule has 2 amide bonds. The molecular weight excluding hydrogens is 340 g/mol. The molecule has 1 aliphatic rings. The van der Waals surface area contributed by atoms with Crippen molar-refractivity contribution < 1.29 is 28.7 Å². The van der Waals surface area contributed by atoms with E-state index in [1.807, 2.05) is 0 Å². The molecule has 1 saturated heterocycles. The largest absolute Gasteiger partial charge is 0.467 e. The van der Waals surface area contributed by atoms with Crippen LogP contribution in [0.15, 0.2) is 30.3 Å². The van der Waals surface area contributed by atoms with E-state index < -0.39 is 47.8 Å². The summed E-state index contributed by atoms with van der Waals surface area (Å²) < 4.78 is 9.58. The standard InChI is InChI=1S/C15H15ClN2O6/c1-23-15(22)11-10(13(20)18-11)17-14(21)12(24-9(19)7-16)8-5-3-2-4-6-8/h2-6,10-12H,7H2,1H3,(H,17,21)(H,18,20)/t10-,11-,12?/m1/s1. The van der Waals surface area contributed by atoms with Gasteiger partial charge in [-0.1, -0.05) is 30.3 Å². The van der Waals surface area contributed by atoms with Gasteiger partial charge in [0.1, 0.15) is 11.9 Å². The van der Waals surface area contributed by atoms with E-state index in [4.69, 9.17) is 16.3 Å². The maximum absolute atomic E-state index is 12.4. The first kappa shape index (κ1) is 17.7. The minimum absolute atomic E-state index is 0.405. The first-order valence-corrected chi connectivity index (χ1v) is 7.50. The van der Waals surface area contributed by atoms with Gasteiger partial charge < -0.3 is 20.1 Å². The molecule has 1 unspecified atom stereocenters. The molecule has 24 heavy (non-hydrogen) atoms. The molecule has 0 aromatic heterocycles. The van der Waals surface area contributed by atoms with E-state index >= 15 is 0 Å². The summed E-state index contributed by atoms with van der Waals surface area (Å²) in [5, 5.41) is 4.71. The average Bonchev–Trinajstić information content (AvgIpc) is 2.61. The number of rotatable bonds is 6. The number of methoxy groups -OCH3 is 1. The normalized spacial score (nSPS) is 20.2. The van der Waals surface area contributed by atoms with Crippen LogP contribution in [0.1, 0.15) is 11.7 Å². The Kier molecular flexibility index (Phi) is 5.75. The predicted molar refractivity (Wildman–Crippen MR) is 81.9 cm³/mol. The fourth-order valence-electron chi connectivity index (χ4n) is 2.15. The summed E-state index contributed by atoms with van der Waals surface area (Å²) in [7, 11) is 1.17. The predicted octanol–water partition coefficient (Wildman–Crippen LogP) is -0.334. The number of alkyl halides is 1. The molecule has 1 aromatic carbocycles. The highest BCUT2D eigenvalue weighted by atomic mass is 35.5. The molecule has 0 spiro atoms. The molecule has 8 nitrogen and oxygen atoms in total. The number of carbonyl (C=O) groups is 4. The van der Waals surface area contributed by atoms with Crippen molar-refractivity contribution in [2.75, 3.05) is 13.0 Å². The second kappa shape index (κ2) is 7.78. The molecule has 128 valence electrons. The number of amides is 2. The first-order chi connectivity index (χ1) is 11.5. The molecule has 1 aliphatic heterocycles. The Bertz CT molecular complexity index is 651. The van der Waals surface area contributed by atoms with Crippen LogP contribution in [-0.2, 0) is 28.7 Å². The van der Waals surface area contributed by atoms with Crippen LogP contribution in [0.25, 0.3) is 0 Å². The Morgan fingerprint density at radius 2 is 1.96 bits per heavy atom. The Morgan fingerprint density at radius 1 is 1.29 bits per heavy atom. The Hall–Kier alpha value is -2.61. The van der Waals surface area contributed by atoms with E-state index in [-0.39, 0.29) is 0 Å². The summed E-state index contributed by atoms with van der Waals surface area (Å²) >= 11 is 5.41. The van der Waals surface area contributed by atoms with Crippen LogP contribution < -0.4 is 10.6 Å². The van der Waals surface area contributed by atoms with Gasteiger partial charge in [-0.25, -0.2) is 4.79 Å². The lowest BCUT2D eigenvalue weighted by Crippen LogP contribution is -2.72. The molecule has 1 aromatic rings. The number of carbonyl (C=O) groups excluding carboxylic acids is 4. The third-order valence-electron chi connectivity index (χ3n) is 3.37. The fourth-order valence-corrected chi connectivity index (χ4v) is 2.21. The lowest BCUT2D eigenvalue weighted by atomic mass is 9.98. The zero-order valence-corrected chi connectivity index (χ0v) is 13.4. The maximum Gasteiger partial charge on any atom is 0.331 e. The second-order valence-corrected chi connectivity index (χ2v) is 5.18. The highest BCUT2D eigenvalue weighted by Crippen LogP contribution is 2.19. The summed E-state index contributed by atoms with van der Waals surface area (Å²) in [5.41, 5.74) is 0.405. The molecule has 2 N–H and O–H groups in total. The van der Waals surface area contributed by atoms with E-state index in [0.717, 1.165) is 0 Å². The minimum atomic E-state index is -1.29. The summed E-state index contributed by atoms with van der Waals surface area (Å²) in [6, 6.07) is 6.16. The van der Waals surface area contributed by atoms with Crippen molar-refractivity contribution in [2.24, 2.45) is 0 Å². The number of β-lactam (4-membered cyclic amide) rings is 1. The van der Waals surface area contributed by atoms with Crippen molar-refractivity contribution >= 4 is 35.4 Å². The summed E-state index contributed by atoms with van der Waals surface area (Å²) in [6.07, 6.45) is -1.29. The van der Waals surface area contributed by atoms with Crippen LogP contribution in [0.4, 0.5) is 0 Å². The molecule has 3 atom stereocenters. The number of esters is 2. The van der Waals surface area contributed by atoms with Crippen LogP contribution in [0, 0.1) is 0 Å². The number of hydrogen-bond donors (Lipinski definition) is 2. The van der Waals surface area contributed by atoms with Crippen LogP contribution in [-0.4, -0.2) is 48.8 Å². The van der Waals surface area contributed by atoms with Crippen molar-refractivity contribution in [1.82, 2.24) is 10.6 Å². The van der Waals surface area contributed by atoms with Gasteiger partial charge in [0.15, 0.2) is 6.04 Å². The lowest BCUT2D eigenvalue weighted by Gasteiger charge is -2.35. The van der Waals surface area contributed by atoms with E-state index in [1.165, 1.54) is 7.11 Å². The zero-order valence-electron chi connectivity index (χ0n) is 12.7. The molecule has 1 fully saturated rings. The monoisotopic (exact) mass is 354 g/mol. The van der Waals surface area contributed by atoms with Gasteiger partial charge in [0.25, 0.3) is 5.91 Å². The number of ether oxygens (including phenoxy) is 2. The highest BCUT2D eigenvalue weighted by Gasteiger charge is 2.46. The van der Waals surface area contributed by atoms with E-state index in [1.54, 1.807) is 30.3 Å². The molecule has 1 heterocycles. The minimum Gasteiger partial charge on any atom is -0.467 e. The molecular formula is C15H15ClN2O6. The van der Waals surface area contributed by atoms with Gasteiger partial charge >= 0.3 is 11.9 Å². The van der Waals surface area contributed by atoms with Crippen LogP contribution in [0.2, 0.25) is 0 Å². The fraction of sp³-hybridized carbons (Fsp3) is 0.333. The third kappa shape index (κ3) is 3.83. The van der Waals surface area contributed by atoms with Gasteiger partial charge in [0.05, 0.1) is 7.11 Å². The van der Waals surface area contributed by atoms with Crippen molar-refractivity contribution in [1.29, 1.82) is 0 Å². The van der Waals surface area contributed by atoms with Crippen LogP contribution >= 0.6 is 11.6 Å². The molecule has 9 heteroatoms. The number of benzene rings is 1. The van der Waals surface area contributed by atoms with Crippen LogP contribution in [0.5, 0.6) is 0 Å². The molecule has 2 rings (SSSR count). The van der Waals surface area contributed by atoms with Gasteiger partial charge in [-0.2, -0.15) is 0 Å². The summed E-state index contributed by atoms with van der Waals surface area (Å²) in [5.74, 6) is -3.18. The van der Waals surface area contributed by atoms with Gasteiger partial charge in [-0.15, -0.1) is 11.6 Å². The molecule has 0 radical (unpaired) electrons. The van der Waals surface area contributed by atoms with E-state index in [2.05, 4.69) is 15.4 Å². The molecule has 0 bridgehead atoms. The number of hydrogen-bond acceptors (Lipinski definition) is 6. The van der Waals surface area contributed by atoms with Gasteiger partial charge in [-0.3, -0.25) is 14.4 Å². The number of nitrogens with one attached hydrogen (secondary N) is 2. The smallest absolute Gasteiger partial charge is 0.331 e. The summed E-state index contributed by atoms with van der Waals surface area (Å²) in [6.45, 7) is 0. The maximum atomic E-state index is 12.4. The average molecular weight is 355 g/mol. The van der Waals surface area contributed by atoms with Gasteiger partial charge in [0.2, 0.25) is 12.0 Å². The van der Waals surface area contributed by atoms with E-state index in [9.17, 15) is 19.2 Å². The quantitative estimate of drug-likeness (QED) is 0.411. The summed E-state index contributed by atoms with van der Waals surface area (Å²) in [4.78, 5) is 47.0. The highest BCUT2D eigenvalue weighted by molar-refractivity contribution is 6.26. The Labute approximate surface area is 142 Å². The number of halogens is 1. The molecule has 0 saturated carbocycles. The lowest BCUT2D eigenvalue weighted by molar-refractivity contribution is -0.158. The van der Waals surface area contributed by atoms with E-state index in [0.29, 0.717) is 5.56 Å². The van der Waals surface area contributed by atoms with Crippen molar-refractivity contribution in [2.45, 2.75) is 18.2 Å². The van der Waals surface area contributed by atoms with Crippen LogP contribution in [0.3, 0.4) is 0 Å². The first-order valence-electron chi connectivity index (χ1n) is 6.97. The van der Waals surface area contributed by atoms with Crippen molar-refractivity contribution in [3.05, 3.63) is 35.9 Å². The SMILES string of the molecule is COC(=O)[C@@H]1NC(=O)[C@@H]1NC(=O)C(OC(=O)CCl)c1ccccc1. The Balaban J connectivity index is 2.14. The Morgan fingerprint density at radius 3 is 2.50 bits per heavy atom. The van der Waals surface area contributed by atoms with Gasteiger partial charge in [-0.05, 0) is 0 Å².